The molecule has 0 aromatic heterocycles. The molecule has 0 saturated heterocycles. The number of rotatable bonds is 7. The number of hydrogen-bond donors (Lipinski definition) is 1. The lowest BCUT2D eigenvalue weighted by atomic mass is 10.1. The maximum atomic E-state index is 11.9. The van der Waals surface area contributed by atoms with Crippen molar-refractivity contribution in [2.75, 3.05) is 0 Å². The van der Waals surface area contributed by atoms with Crippen molar-refractivity contribution < 1.29 is 9.90 Å². The van der Waals surface area contributed by atoms with E-state index in [1.807, 2.05) is 54.6 Å². The van der Waals surface area contributed by atoms with Crippen LogP contribution in [0.25, 0.3) is 0 Å². The normalized spacial score (nSPS) is 11.5. The van der Waals surface area contributed by atoms with E-state index in [2.05, 4.69) is 30.7 Å². The molecule has 0 heterocycles. The Balaban J connectivity index is 1.85. The first-order chi connectivity index (χ1) is 16.2. The molecule has 0 fully saturated rings. The predicted octanol–water partition coefficient (Wildman–Crippen LogP) is 8.63. The fourth-order valence-electron chi connectivity index (χ4n) is 2.83. The minimum atomic E-state index is -1.17. The van der Waals surface area contributed by atoms with E-state index in [-0.39, 0.29) is 16.9 Å². The summed E-state index contributed by atoms with van der Waals surface area (Å²) in [6.45, 7) is 0. The summed E-state index contributed by atoms with van der Waals surface area (Å²) in [5.41, 5.74) is 2.22. The van der Waals surface area contributed by atoms with Gasteiger partial charge in [0.1, 0.15) is 17.1 Å². The quantitative estimate of drug-likeness (QED) is 0.293. The second kappa shape index (κ2) is 10.5. The molecule has 0 radical (unpaired) electrons. The molecule has 1 N–H and O–H groups in total. The van der Waals surface area contributed by atoms with Crippen LogP contribution < -0.4 is 0 Å². The van der Waals surface area contributed by atoms with Crippen LogP contribution >= 0.6 is 0 Å². The maximum absolute atomic E-state index is 11.9. The molecule has 33 heavy (non-hydrogen) atoms. The van der Waals surface area contributed by atoms with Gasteiger partial charge in [0.25, 0.3) is 0 Å². The minimum absolute atomic E-state index is 0.0375. The van der Waals surface area contributed by atoms with Gasteiger partial charge in [-0.1, -0.05) is 54.6 Å². The van der Waals surface area contributed by atoms with Gasteiger partial charge in [-0.25, -0.2) is 4.79 Å². The molecule has 0 unspecified atom stereocenters. The van der Waals surface area contributed by atoms with Gasteiger partial charge < -0.3 is 5.11 Å². The number of carboxylic acid groups (broad SMARTS) is 1. The van der Waals surface area contributed by atoms with Crippen LogP contribution in [0.2, 0.25) is 0 Å². The van der Waals surface area contributed by atoms with Crippen LogP contribution in [0.15, 0.2) is 134 Å². The van der Waals surface area contributed by atoms with Crippen LogP contribution in [0.3, 0.4) is 0 Å². The molecule has 8 nitrogen and oxygen atoms in total. The Morgan fingerprint density at radius 3 is 1.36 bits per heavy atom. The minimum Gasteiger partial charge on any atom is -0.478 e. The molecule has 0 atom stereocenters. The van der Waals surface area contributed by atoms with E-state index in [0.29, 0.717) is 22.7 Å². The smallest absolute Gasteiger partial charge is 0.338 e. The highest BCUT2D eigenvalue weighted by molar-refractivity contribution is 5.98. The lowest BCUT2D eigenvalue weighted by Crippen LogP contribution is -1.96. The van der Waals surface area contributed by atoms with Crippen LogP contribution in [-0.4, -0.2) is 11.1 Å². The topological polar surface area (TPSA) is 111 Å². The van der Waals surface area contributed by atoms with Crippen LogP contribution in [0.4, 0.5) is 34.1 Å². The van der Waals surface area contributed by atoms with Crippen molar-refractivity contribution in [2.45, 2.75) is 0 Å². The predicted molar refractivity (Wildman–Crippen MR) is 125 cm³/mol. The Bertz CT molecular complexity index is 1320. The number of carbonyl (C=O) groups is 1. The fraction of sp³-hybridized carbons (Fsp3) is 0. The number of azo groups is 3. The average Bonchev–Trinajstić information content (AvgIpc) is 2.86. The van der Waals surface area contributed by atoms with Gasteiger partial charge in [-0.15, -0.1) is 15.3 Å². The van der Waals surface area contributed by atoms with Gasteiger partial charge in [-0.05, 0) is 48.5 Å². The molecule has 0 aliphatic rings. The zero-order valence-corrected chi connectivity index (χ0v) is 17.4. The molecule has 160 valence electrons. The van der Waals surface area contributed by atoms with Crippen molar-refractivity contribution in [1.82, 2.24) is 0 Å². The molecule has 0 spiro atoms. The van der Waals surface area contributed by atoms with E-state index in [9.17, 15) is 9.90 Å². The molecule has 0 saturated carbocycles. The Kier molecular flexibility index (Phi) is 6.77. The molecule has 4 rings (SSSR count). The van der Waals surface area contributed by atoms with E-state index in [1.165, 1.54) is 12.1 Å². The van der Waals surface area contributed by atoms with Gasteiger partial charge in [-0.3, -0.25) is 0 Å². The van der Waals surface area contributed by atoms with Gasteiger partial charge in [0.05, 0.1) is 22.6 Å². The third-order valence-corrected chi connectivity index (χ3v) is 4.43. The first kappa shape index (κ1) is 21.4. The number of hydrogen-bond acceptors (Lipinski definition) is 7. The maximum Gasteiger partial charge on any atom is 0.338 e. The summed E-state index contributed by atoms with van der Waals surface area (Å²) in [5.74, 6) is -1.17. The Morgan fingerprint density at radius 2 is 0.909 bits per heavy atom. The summed E-state index contributed by atoms with van der Waals surface area (Å²) in [7, 11) is 0. The molecule has 0 aliphatic heterocycles. The summed E-state index contributed by atoms with van der Waals surface area (Å²) in [5, 5.41) is 35.2. The molecule has 4 aromatic rings. The van der Waals surface area contributed by atoms with Crippen molar-refractivity contribution in [3.05, 3.63) is 109 Å². The van der Waals surface area contributed by atoms with Crippen LogP contribution in [0.1, 0.15) is 10.4 Å². The monoisotopic (exact) mass is 434 g/mol. The van der Waals surface area contributed by atoms with Crippen molar-refractivity contribution >= 4 is 40.1 Å². The molecular formula is C25H18N6O2. The highest BCUT2D eigenvalue weighted by Crippen LogP contribution is 2.42. The van der Waals surface area contributed by atoms with Crippen molar-refractivity contribution in [3.63, 3.8) is 0 Å². The van der Waals surface area contributed by atoms with Crippen molar-refractivity contribution in [3.8, 4) is 0 Å². The number of aromatic carboxylic acids is 1. The summed E-state index contributed by atoms with van der Waals surface area (Å²) in [6.07, 6.45) is 0. The molecule has 8 heteroatoms. The third kappa shape index (κ3) is 5.65. The van der Waals surface area contributed by atoms with Crippen molar-refractivity contribution in [2.24, 2.45) is 30.7 Å². The van der Waals surface area contributed by atoms with Gasteiger partial charge >= 0.3 is 5.97 Å². The zero-order valence-electron chi connectivity index (χ0n) is 17.4. The van der Waals surface area contributed by atoms with Crippen LogP contribution in [0.5, 0.6) is 0 Å². The molecule has 0 amide bonds. The third-order valence-electron chi connectivity index (χ3n) is 4.43. The standard InChI is InChI=1S/C25H18N6O2/c32-25(33)21-16-17-22(29-26-18-10-4-1-5-11-18)24(31-28-20-14-8-3-9-15-20)23(21)30-27-19-12-6-2-7-13-19/h1-17H,(H,32,33). The molecule has 0 bridgehead atoms. The Morgan fingerprint density at radius 1 is 0.485 bits per heavy atom. The highest BCUT2D eigenvalue weighted by atomic mass is 16.4. The lowest BCUT2D eigenvalue weighted by molar-refractivity contribution is 0.0698. The molecular weight excluding hydrogens is 416 g/mol. The van der Waals surface area contributed by atoms with Crippen LogP contribution in [0, 0.1) is 0 Å². The van der Waals surface area contributed by atoms with Gasteiger partial charge in [0, 0.05) is 0 Å². The van der Waals surface area contributed by atoms with E-state index in [0.717, 1.165) is 0 Å². The SMILES string of the molecule is O=C(O)c1ccc(N=Nc2ccccc2)c(N=Nc2ccccc2)c1N=Nc1ccccc1. The van der Waals surface area contributed by atoms with E-state index in [1.54, 1.807) is 36.4 Å². The average molecular weight is 434 g/mol. The number of carboxylic acids is 1. The lowest BCUT2D eigenvalue weighted by Gasteiger charge is -2.06. The van der Waals surface area contributed by atoms with Crippen molar-refractivity contribution in [1.29, 1.82) is 0 Å². The largest absolute Gasteiger partial charge is 0.478 e. The second-order valence-electron chi connectivity index (χ2n) is 6.74. The van der Waals surface area contributed by atoms with E-state index < -0.39 is 5.97 Å². The first-order valence-corrected chi connectivity index (χ1v) is 10.0. The summed E-state index contributed by atoms with van der Waals surface area (Å²) >= 11 is 0. The first-order valence-electron chi connectivity index (χ1n) is 10.0. The second-order valence-corrected chi connectivity index (χ2v) is 6.74. The Hall–Kier alpha value is -4.85. The van der Waals surface area contributed by atoms with Gasteiger partial charge in [0.15, 0.2) is 0 Å². The van der Waals surface area contributed by atoms with Gasteiger partial charge in [0.2, 0.25) is 0 Å². The molecule has 4 aromatic carbocycles. The number of benzene rings is 4. The molecule has 0 aliphatic carbocycles. The summed E-state index contributed by atoms with van der Waals surface area (Å²) < 4.78 is 0. The summed E-state index contributed by atoms with van der Waals surface area (Å²) in [6, 6.07) is 30.2. The number of nitrogens with zero attached hydrogens (tertiary/aromatic N) is 6. The fourth-order valence-corrected chi connectivity index (χ4v) is 2.83. The highest BCUT2D eigenvalue weighted by Gasteiger charge is 2.19. The Labute approximate surface area is 189 Å². The van der Waals surface area contributed by atoms with E-state index in [4.69, 9.17) is 0 Å². The van der Waals surface area contributed by atoms with Gasteiger partial charge in [-0.2, -0.15) is 15.3 Å². The van der Waals surface area contributed by atoms with Crippen LogP contribution in [-0.2, 0) is 0 Å². The summed E-state index contributed by atoms with van der Waals surface area (Å²) in [4.78, 5) is 11.9. The zero-order chi connectivity index (χ0) is 22.9. The van der Waals surface area contributed by atoms with E-state index >= 15 is 0 Å².